The van der Waals surface area contributed by atoms with Gasteiger partial charge >= 0.3 is 0 Å². The molecule has 0 saturated heterocycles. The first kappa shape index (κ1) is 12.5. The number of benzene rings is 1. The van der Waals surface area contributed by atoms with Gasteiger partial charge in [-0.1, -0.05) is 12.1 Å². The molecule has 1 aliphatic carbocycles. The Bertz CT molecular complexity index is 705. The molecular weight excluding hydrogens is 250 g/mol. The summed E-state index contributed by atoms with van der Waals surface area (Å²) in [6.07, 6.45) is 3.83. The van der Waals surface area contributed by atoms with Gasteiger partial charge in [-0.15, -0.1) is 0 Å². The van der Waals surface area contributed by atoms with E-state index in [1.165, 1.54) is 0 Å². The third-order valence-corrected chi connectivity index (χ3v) is 3.41. The van der Waals surface area contributed by atoms with Crippen molar-refractivity contribution in [2.75, 3.05) is 0 Å². The van der Waals surface area contributed by atoms with Crippen molar-refractivity contribution in [3.05, 3.63) is 53.3 Å². The smallest absolute Gasteiger partial charge is 0.269 e. The lowest BCUT2D eigenvalue weighted by atomic mass is 10.2. The maximum Gasteiger partial charge on any atom is 0.269 e. The Labute approximate surface area is 117 Å². The first-order valence-corrected chi connectivity index (χ1v) is 6.68. The highest BCUT2D eigenvalue weighted by Crippen LogP contribution is 2.22. The molecule has 1 saturated carbocycles. The van der Waals surface area contributed by atoms with Crippen molar-refractivity contribution in [3.8, 4) is 11.8 Å². The largest absolute Gasteiger partial charge is 0.348 e. The second-order valence-corrected chi connectivity index (χ2v) is 5.15. The van der Waals surface area contributed by atoms with Crippen molar-refractivity contribution in [2.45, 2.75) is 25.8 Å². The van der Waals surface area contributed by atoms with Gasteiger partial charge < -0.3 is 9.88 Å². The quantitative estimate of drug-likeness (QED) is 0.927. The van der Waals surface area contributed by atoms with Crippen LogP contribution >= 0.6 is 0 Å². The molecule has 1 fully saturated rings. The zero-order chi connectivity index (χ0) is 14.1. The molecular formula is C16H15N3O. The summed E-state index contributed by atoms with van der Waals surface area (Å²) in [4.78, 5) is 12.3. The molecule has 100 valence electrons. The Hall–Kier alpha value is -2.54. The molecule has 4 heteroatoms. The van der Waals surface area contributed by atoms with E-state index in [4.69, 9.17) is 0 Å². The van der Waals surface area contributed by atoms with Crippen molar-refractivity contribution >= 4 is 5.91 Å². The fraction of sp³-hybridized carbons (Fsp3) is 0.250. The van der Waals surface area contributed by atoms with Gasteiger partial charge in [0.05, 0.1) is 5.56 Å². The predicted octanol–water partition coefficient (Wildman–Crippen LogP) is 2.55. The van der Waals surface area contributed by atoms with Gasteiger partial charge in [0.25, 0.3) is 5.91 Å². The molecule has 20 heavy (non-hydrogen) atoms. The minimum atomic E-state index is -0.171. The molecule has 0 spiro atoms. The average Bonchev–Trinajstić information content (AvgIpc) is 3.14. The lowest BCUT2D eigenvalue weighted by molar-refractivity contribution is 0.0944. The average molecular weight is 265 g/mol. The first-order valence-electron chi connectivity index (χ1n) is 6.68. The van der Waals surface area contributed by atoms with Crippen LogP contribution in [0.5, 0.6) is 0 Å². The molecule has 1 aromatic carbocycles. The van der Waals surface area contributed by atoms with Crippen LogP contribution < -0.4 is 5.32 Å². The van der Waals surface area contributed by atoms with Crippen molar-refractivity contribution in [3.63, 3.8) is 0 Å². The lowest BCUT2D eigenvalue weighted by Crippen LogP contribution is -2.28. The summed E-state index contributed by atoms with van der Waals surface area (Å²) in [5.74, 6) is -0.171. The van der Waals surface area contributed by atoms with Crippen LogP contribution in [0.15, 0.2) is 36.5 Å². The van der Waals surface area contributed by atoms with Crippen molar-refractivity contribution in [2.24, 2.45) is 0 Å². The molecule has 1 aromatic heterocycles. The van der Waals surface area contributed by atoms with E-state index in [2.05, 4.69) is 11.4 Å². The van der Waals surface area contributed by atoms with E-state index >= 15 is 0 Å². The number of hydrogen-bond donors (Lipinski definition) is 1. The maximum absolute atomic E-state index is 12.3. The number of nitrogens with zero attached hydrogens (tertiary/aromatic N) is 2. The fourth-order valence-corrected chi connectivity index (χ4v) is 2.23. The van der Waals surface area contributed by atoms with Gasteiger partial charge in [-0.3, -0.25) is 4.79 Å². The monoisotopic (exact) mass is 265 g/mol. The van der Waals surface area contributed by atoms with Gasteiger partial charge in [-0.05, 0) is 43.5 Å². The van der Waals surface area contributed by atoms with Gasteiger partial charge in [0.1, 0.15) is 11.8 Å². The zero-order valence-corrected chi connectivity index (χ0v) is 11.3. The molecule has 0 unspecified atom stereocenters. The van der Waals surface area contributed by atoms with Gasteiger partial charge in [-0.25, -0.2) is 0 Å². The van der Waals surface area contributed by atoms with Gasteiger partial charge in [0.15, 0.2) is 0 Å². The summed E-state index contributed by atoms with van der Waals surface area (Å²) in [6, 6.07) is 11.9. The Morgan fingerprint density at radius 2 is 2.20 bits per heavy atom. The van der Waals surface area contributed by atoms with Crippen molar-refractivity contribution in [1.82, 2.24) is 9.88 Å². The van der Waals surface area contributed by atoms with Crippen LogP contribution in [-0.4, -0.2) is 16.5 Å². The van der Waals surface area contributed by atoms with Gasteiger partial charge in [-0.2, -0.15) is 5.26 Å². The summed E-state index contributed by atoms with van der Waals surface area (Å²) in [5.41, 5.74) is 2.84. The second-order valence-electron chi connectivity index (χ2n) is 5.15. The highest BCUT2D eigenvalue weighted by Gasteiger charge is 2.27. The molecule has 3 rings (SSSR count). The SMILES string of the molecule is Cc1cccc(-n2ccc(C#N)c2C(=O)NC2CC2)c1. The Morgan fingerprint density at radius 1 is 1.40 bits per heavy atom. The summed E-state index contributed by atoms with van der Waals surface area (Å²) in [6.45, 7) is 2.00. The predicted molar refractivity (Wildman–Crippen MR) is 75.7 cm³/mol. The number of nitrogens with one attached hydrogen (secondary N) is 1. The zero-order valence-electron chi connectivity index (χ0n) is 11.3. The van der Waals surface area contributed by atoms with Crippen molar-refractivity contribution in [1.29, 1.82) is 5.26 Å². The maximum atomic E-state index is 12.3. The Morgan fingerprint density at radius 3 is 2.85 bits per heavy atom. The number of hydrogen-bond acceptors (Lipinski definition) is 2. The molecule has 1 aliphatic rings. The molecule has 1 amide bonds. The van der Waals surface area contributed by atoms with E-state index in [1.807, 2.05) is 31.2 Å². The number of aromatic nitrogens is 1. The van der Waals surface area contributed by atoms with Gasteiger partial charge in [0, 0.05) is 17.9 Å². The minimum Gasteiger partial charge on any atom is -0.348 e. The number of carbonyl (C=O) groups is 1. The molecule has 4 nitrogen and oxygen atoms in total. The summed E-state index contributed by atoms with van der Waals surface area (Å²) in [5, 5.41) is 12.1. The van der Waals surface area contributed by atoms with E-state index in [1.54, 1.807) is 16.8 Å². The first-order chi connectivity index (χ1) is 9.69. The van der Waals surface area contributed by atoms with Crippen LogP contribution in [-0.2, 0) is 0 Å². The van der Waals surface area contributed by atoms with E-state index in [0.717, 1.165) is 24.1 Å². The summed E-state index contributed by atoms with van der Waals surface area (Å²) in [7, 11) is 0. The van der Waals surface area contributed by atoms with E-state index in [9.17, 15) is 10.1 Å². The standard InChI is InChI=1S/C16H15N3O/c1-11-3-2-4-14(9-11)19-8-7-12(10-17)15(19)16(20)18-13-5-6-13/h2-4,7-9,13H,5-6H2,1H3,(H,18,20). The van der Waals surface area contributed by atoms with Crippen LogP contribution in [0.3, 0.4) is 0 Å². The third kappa shape index (κ3) is 2.30. The molecule has 0 aliphatic heterocycles. The normalized spacial score (nSPS) is 13.8. The summed E-state index contributed by atoms with van der Waals surface area (Å²) < 4.78 is 1.78. The van der Waals surface area contributed by atoms with Crippen LogP contribution in [0.2, 0.25) is 0 Å². The highest BCUT2D eigenvalue weighted by molar-refractivity contribution is 5.96. The number of carbonyl (C=O) groups excluding carboxylic acids is 1. The van der Waals surface area contributed by atoms with Crippen LogP contribution in [0.4, 0.5) is 0 Å². The minimum absolute atomic E-state index is 0.171. The number of aryl methyl sites for hydroxylation is 1. The molecule has 1 N–H and O–H groups in total. The topological polar surface area (TPSA) is 57.8 Å². The molecule has 0 bridgehead atoms. The van der Waals surface area contributed by atoms with Crippen LogP contribution in [0.1, 0.15) is 34.5 Å². The van der Waals surface area contributed by atoms with Crippen LogP contribution in [0, 0.1) is 18.3 Å². The highest BCUT2D eigenvalue weighted by atomic mass is 16.2. The van der Waals surface area contributed by atoms with E-state index in [0.29, 0.717) is 11.3 Å². The molecule has 2 aromatic rings. The fourth-order valence-electron chi connectivity index (χ4n) is 2.23. The Kier molecular flexibility index (Phi) is 3.03. The molecule has 0 atom stereocenters. The lowest BCUT2D eigenvalue weighted by Gasteiger charge is -2.10. The third-order valence-electron chi connectivity index (χ3n) is 3.41. The number of rotatable bonds is 3. The number of nitriles is 1. The Balaban J connectivity index is 2.04. The molecule has 0 radical (unpaired) electrons. The molecule has 1 heterocycles. The van der Waals surface area contributed by atoms with E-state index in [-0.39, 0.29) is 11.9 Å². The van der Waals surface area contributed by atoms with E-state index < -0.39 is 0 Å². The second kappa shape index (κ2) is 4.86. The van der Waals surface area contributed by atoms with Gasteiger partial charge in [0.2, 0.25) is 0 Å². The summed E-state index contributed by atoms with van der Waals surface area (Å²) >= 11 is 0. The van der Waals surface area contributed by atoms with Crippen LogP contribution in [0.25, 0.3) is 5.69 Å². The van der Waals surface area contributed by atoms with Crippen molar-refractivity contribution < 1.29 is 4.79 Å². The number of amides is 1.